The fraction of sp³-hybridized carbons (Fsp3) is 0.308. The fourth-order valence-corrected chi connectivity index (χ4v) is 1.55. The summed E-state index contributed by atoms with van der Waals surface area (Å²) in [6, 6.07) is 7.37. The predicted molar refractivity (Wildman–Crippen MR) is 64.9 cm³/mol. The minimum Gasteiger partial charge on any atom is -0.496 e. The van der Waals surface area contributed by atoms with Crippen LogP contribution in [0.3, 0.4) is 0 Å². The van der Waals surface area contributed by atoms with E-state index in [0.29, 0.717) is 0 Å². The molecule has 0 saturated carbocycles. The smallest absolute Gasteiger partial charge is 0.180 e. The number of hydrogen-bond donors (Lipinski definition) is 0. The van der Waals surface area contributed by atoms with E-state index in [-0.39, 0.29) is 30.9 Å². The largest absolute Gasteiger partial charge is 0.496 e. The molecule has 0 spiro atoms. The van der Waals surface area contributed by atoms with Gasteiger partial charge in [0.2, 0.25) is 0 Å². The summed E-state index contributed by atoms with van der Waals surface area (Å²) in [5.41, 5.74) is 0.100. The molecular weight excluding hydrogens is 249 g/mol. The summed E-state index contributed by atoms with van der Waals surface area (Å²) in [5, 5.41) is 17.2. The third-order valence-electron chi connectivity index (χ3n) is 2.42. The van der Waals surface area contributed by atoms with Gasteiger partial charge in [-0.3, -0.25) is 9.69 Å². The molecule has 0 saturated heterocycles. The number of carbonyl (C=O) groups is 1. The van der Waals surface area contributed by atoms with Crippen molar-refractivity contribution in [1.82, 2.24) is 4.90 Å². The Labute approximate surface area is 110 Å². The number of carbonyl (C=O) groups excluding carboxylic acids is 1. The van der Waals surface area contributed by atoms with Crippen LogP contribution in [0.2, 0.25) is 0 Å². The molecule has 0 unspecified atom stereocenters. The van der Waals surface area contributed by atoms with Gasteiger partial charge in [-0.25, -0.2) is 4.39 Å². The highest BCUT2D eigenvalue weighted by Crippen LogP contribution is 2.20. The number of rotatable bonds is 6. The highest BCUT2D eigenvalue weighted by molar-refractivity contribution is 6.00. The van der Waals surface area contributed by atoms with E-state index in [1.54, 1.807) is 0 Å². The average Bonchev–Trinajstić information content (AvgIpc) is 2.39. The van der Waals surface area contributed by atoms with Crippen LogP contribution in [0.4, 0.5) is 4.39 Å². The molecule has 0 aliphatic heterocycles. The molecule has 0 aliphatic rings. The van der Waals surface area contributed by atoms with Crippen molar-refractivity contribution in [3.63, 3.8) is 0 Å². The van der Waals surface area contributed by atoms with Gasteiger partial charge in [-0.15, -0.1) is 0 Å². The van der Waals surface area contributed by atoms with Crippen LogP contribution in [0.15, 0.2) is 18.2 Å². The molecule has 5 nitrogen and oxygen atoms in total. The number of ketones is 1. The first-order chi connectivity index (χ1) is 9.12. The molecule has 1 aromatic carbocycles. The minimum absolute atomic E-state index is 0.0447. The van der Waals surface area contributed by atoms with Gasteiger partial charge in [0.05, 0.1) is 44.4 Å². The maximum Gasteiger partial charge on any atom is 0.180 e. The van der Waals surface area contributed by atoms with E-state index in [9.17, 15) is 9.18 Å². The topological polar surface area (TPSA) is 77.1 Å². The van der Waals surface area contributed by atoms with Gasteiger partial charge in [0.25, 0.3) is 0 Å². The van der Waals surface area contributed by atoms with Crippen molar-refractivity contribution < 1.29 is 13.9 Å². The van der Waals surface area contributed by atoms with E-state index in [2.05, 4.69) is 0 Å². The van der Waals surface area contributed by atoms with Gasteiger partial charge in [0.15, 0.2) is 5.78 Å². The lowest BCUT2D eigenvalue weighted by atomic mass is 10.1. The molecule has 0 amide bonds. The van der Waals surface area contributed by atoms with Crippen LogP contribution in [-0.4, -0.2) is 37.4 Å². The lowest BCUT2D eigenvalue weighted by Crippen LogP contribution is -2.31. The molecular formula is C13H12FN3O2. The number of benzene rings is 1. The first-order valence-electron chi connectivity index (χ1n) is 5.45. The second kappa shape index (κ2) is 7.10. The van der Waals surface area contributed by atoms with Crippen molar-refractivity contribution in [3.8, 4) is 17.9 Å². The van der Waals surface area contributed by atoms with E-state index < -0.39 is 11.6 Å². The van der Waals surface area contributed by atoms with Gasteiger partial charge in [-0.2, -0.15) is 10.5 Å². The molecule has 1 aromatic rings. The standard InChI is InChI=1S/C13H12FN3O2/c1-19-13-3-2-10(14)8-11(13)12(18)9-17(6-4-15)7-5-16/h2-3,8H,6-7,9H2,1H3. The van der Waals surface area contributed by atoms with Crippen LogP contribution in [0, 0.1) is 28.5 Å². The second-order valence-corrected chi connectivity index (χ2v) is 3.73. The first kappa shape index (κ1) is 14.6. The molecule has 0 fully saturated rings. The van der Waals surface area contributed by atoms with Crippen LogP contribution < -0.4 is 4.74 Å². The summed E-state index contributed by atoms with van der Waals surface area (Å²) < 4.78 is 18.1. The molecule has 19 heavy (non-hydrogen) atoms. The fourth-order valence-electron chi connectivity index (χ4n) is 1.55. The van der Waals surface area contributed by atoms with Crippen LogP contribution in [0.1, 0.15) is 10.4 Å². The first-order valence-corrected chi connectivity index (χ1v) is 5.45. The Morgan fingerprint density at radius 3 is 2.53 bits per heavy atom. The molecule has 0 aromatic heterocycles. The maximum absolute atomic E-state index is 13.2. The Morgan fingerprint density at radius 2 is 2.00 bits per heavy atom. The van der Waals surface area contributed by atoms with Crippen LogP contribution in [0.5, 0.6) is 5.75 Å². The summed E-state index contributed by atoms with van der Waals surface area (Å²) in [6.45, 7) is -0.227. The molecule has 0 radical (unpaired) electrons. The summed E-state index contributed by atoms with van der Waals surface area (Å²) in [6.07, 6.45) is 0. The molecule has 98 valence electrons. The van der Waals surface area contributed by atoms with E-state index in [0.717, 1.165) is 6.07 Å². The number of methoxy groups -OCH3 is 1. The number of ether oxygens (including phenoxy) is 1. The van der Waals surface area contributed by atoms with Crippen molar-refractivity contribution in [1.29, 1.82) is 10.5 Å². The highest BCUT2D eigenvalue weighted by atomic mass is 19.1. The molecule has 6 heteroatoms. The van der Waals surface area contributed by atoms with E-state index in [1.807, 2.05) is 12.1 Å². The van der Waals surface area contributed by atoms with Crippen LogP contribution in [0.25, 0.3) is 0 Å². The normalized spacial score (nSPS) is 9.74. The van der Waals surface area contributed by atoms with Crippen LogP contribution >= 0.6 is 0 Å². The second-order valence-electron chi connectivity index (χ2n) is 3.73. The number of nitriles is 2. The minimum atomic E-state index is -0.545. The number of halogens is 1. The summed E-state index contributed by atoms with van der Waals surface area (Å²) in [4.78, 5) is 13.4. The summed E-state index contributed by atoms with van der Waals surface area (Å²) in [7, 11) is 1.38. The van der Waals surface area contributed by atoms with Crippen molar-refractivity contribution >= 4 is 5.78 Å². The van der Waals surface area contributed by atoms with E-state index in [1.165, 1.54) is 24.1 Å². The van der Waals surface area contributed by atoms with Gasteiger partial charge in [0, 0.05) is 0 Å². The Bertz CT molecular complexity index is 530. The Morgan fingerprint density at radius 1 is 1.37 bits per heavy atom. The van der Waals surface area contributed by atoms with Crippen molar-refractivity contribution in [3.05, 3.63) is 29.6 Å². The Hall–Kier alpha value is -2.44. The molecule has 0 atom stereocenters. The number of nitrogens with zero attached hydrogens (tertiary/aromatic N) is 3. The van der Waals surface area contributed by atoms with Gasteiger partial charge in [-0.1, -0.05) is 0 Å². The third-order valence-corrected chi connectivity index (χ3v) is 2.42. The Kier molecular flexibility index (Phi) is 5.46. The lowest BCUT2D eigenvalue weighted by Gasteiger charge is -2.15. The number of hydrogen-bond acceptors (Lipinski definition) is 5. The highest BCUT2D eigenvalue weighted by Gasteiger charge is 2.17. The van der Waals surface area contributed by atoms with Gasteiger partial charge < -0.3 is 4.74 Å². The zero-order valence-electron chi connectivity index (χ0n) is 10.4. The van der Waals surface area contributed by atoms with Crippen molar-refractivity contribution in [2.75, 3.05) is 26.7 Å². The third kappa shape index (κ3) is 4.06. The molecule has 0 heterocycles. The zero-order chi connectivity index (χ0) is 14.3. The maximum atomic E-state index is 13.2. The molecule has 1 rings (SSSR count). The molecule has 0 N–H and O–H groups in total. The van der Waals surface area contributed by atoms with E-state index >= 15 is 0 Å². The van der Waals surface area contributed by atoms with Gasteiger partial charge >= 0.3 is 0 Å². The van der Waals surface area contributed by atoms with E-state index in [4.69, 9.17) is 15.3 Å². The van der Waals surface area contributed by atoms with Gasteiger partial charge in [-0.05, 0) is 18.2 Å². The average molecular weight is 261 g/mol. The summed E-state index contributed by atoms with van der Waals surface area (Å²) in [5.74, 6) is -0.682. The molecule has 0 bridgehead atoms. The quantitative estimate of drug-likeness (QED) is 0.571. The summed E-state index contributed by atoms with van der Waals surface area (Å²) >= 11 is 0. The lowest BCUT2D eigenvalue weighted by molar-refractivity contribution is 0.0943. The van der Waals surface area contributed by atoms with Crippen molar-refractivity contribution in [2.45, 2.75) is 0 Å². The van der Waals surface area contributed by atoms with Crippen LogP contribution in [-0.2, 0) is 0 Å². The SMILES string of the molecule is COc1ccc(F)cc1C(=O)CN(CC#N)CC#N. The van der Waals surface area contributed by atoms with Gasteiger partial charge in [0.1, 0.15) is 11.6 Å². The van der Waals surface area contributed by atoms with Crippen molar-refractivity contribution in [2.24, 2.45) is 0 Å². The zero-order valence-corrected chi connectivity index (χ0v) is 10.4. The molecule has 0 aliphatic carbocycles. The predicted octanol–water partition coefficient (Wildman–Crippen LogP) is 1.37. The number of Topliss-reactive ketones (excluding diaryl/α,β-unsaturated/α-hetero) is 1. The Balaban J connectivity index is 2.91. The monoisotopic (exact) mass is 261 g/mol.